The van der Waals surface area contributed by atoms with Gasteiger partial charge in [0, 0.05) is 16.1 Å². The summed E-state index contributed by atoms with van der Waals surface area (Å²) in [7, 11) is 0. The van der Waals surface area contributed by atoms with E-state index in [9.17, 15) is 13.2 Å². The molecule has 0 fully saturated rings. The van der Waals surface area contributed by atoms with Crippen molar-refractivity contribution in [2.75, 3.05) is 0 Å². The van der Waals surface area contributed by atoms with Crippen LogP contribution in [0.5, 0.6) is 0 Å². The Hall–Kier alpha value is -3.27. The summed E-state index contributed by atoms with van der Waals surface area (Å²) in [4.78, 5) is 4.77. The molecule has 28 heavy (non-hydrogen) atoms. The third-order valence-electron chi connectivity index (χ3n) is 3.76. The fraction of sp³-hybridized carbons (Fsp3) is 0.118. The largest absolute Gasteiger partial charge is 0.471 e. The Morgan fingerprint density at radius 3 is 2.21 bits per heavy atom. The van der Waals surface area contributed by atoms with E-state index in [0.29, 0.717) is 23.0 Å². The number of benzene rings is 2. The lowest BCUT2D eigenvalue weighted by molar-refractivity contribution is -0.159. The summed E-state index contributed by atoms with van der Waals surface area (Å²) >= 11 is 5.86. The molecule has 0 N–H and O–H groups in total. The summed E-state index contributed by atoms with van der Waals surface area (Å²) in [6.07, 6.45) is -4.67. The quantitative estimate of drug-likeness (QED) is 0.507. The molecule has 7 nitrogen and oxygen atoms in total. The minimum Gasteiger partial charge on any atom is -0.329 e. The number of alkyl halides is 3. The summed E-state index contributed by atoms with van der Waals surface area (Å²) in [5.74, 6) is -1.06. The molecule has 0 bridgehead atoms. The van der Waals surface area contributed by atoms with E-state index in [4.69, 9.17) is 11.6 Å². The van der Waals surface area contributed by atoms with Crippen LogP contribution in [-0.2, 0) is 12.7 Å². The number of nitrogens with zero attached hydrogens (tertiary/aromatic N) is 6. The van der Waals surface area contributed by atoms with Crippen molar-refractivity contribution in [2.45, 2.75) is 12.7 Å². The fourth-order valence-electron chi connectivity index (χ4n) is 2.40. The van der Waals surface area contributed by atoms with Gasteiger partial charge < -0.3 is 4.52 Å². The predicted molar refractivity (Wildman–Crippen MR) is 92.1 cm³/mol. The number of aromatic nitrogens is 6. The molecule has 11 heteroatoms. The van der Waals surface area contributed by atoms with Crippen molar-refractivity contribution in [1.29, 1.82) is 0 Å². The highest BCUT2D eigenvalue weighted by molar-refractivity contribution is 6.30. The molecular formula is C17H10ClF3N6O. The summed E-state index contributed by atoms with van der Waals surface area (Å²) in [5, 5.41) is 16.3. The molecule has 2 heterocycles. The SMILES string of the molecule is FC(F)(F)c1nc(-c2ccc(Cn3nnc(-c4ccc(Cl)cc4)n3)cc2)no1. The minimum atomic E-state index is -4.67. The summed E-state index contributed by atoms with van der Waals surface area (Å²) < 4.78 is 41.9. The average Bonchev–Trinajstić information content (AvgIpc) is 3.33. The van der Waals surface area contributed by atoms with Crippen LogP contribution in [0, 0.1) is 0 Å². The third-order valence-corrected chi connectivity index (χ3v) is 4.01. The molecule has 0 saturated heterocycles. The Labute approximate surface area is 160 Å². The number of rotatable bonds is 4. The Kier molecular flexibility index (Phi) is 4.55. The zero-order valence-electron chi connectivity index (χ0n) is 13.9. The van der Waals surface area contributed by atoms with Crippen molar-refractivity contribution < 1.29 is 17.7 Å². The van der Waals surface area contributed by atoms with Crippen LogP contribution in [0.2, 0.25) is 5.02 Å². The van der Waals surface area contributed by atoms with Crippen LogP contribution in [0.25, 0.3) is 22.8 Å². The molecule has 0 spiro atoms. The van der Waals surface area contributed by atoms with Crippen LogP contribution >= 0.6 is 11.6 Å². The highest BCUT2D eigenvalue weighted by atomic mass is 35.5. The predicted octanol–water partition coefficient (Wildman–Crippen LogP) is 4.11. The maximum absolute atomic E-state index is 12.5. The molecule has 0 saturated carbocycles. The van der Waals surface area contributed by atoms with E-state index < -0.39 is 12.1 Å². The van der Waals surface area contributed by atoms with Gasteiger partial charge >= 0.3 is 12.1 Å². The van der Waals surface area contributed by atoms with E-state index in [0.717, 1.165) is 11.1 Å². The third kappa shape index (κ3) is 3.86. The zero-order chi connectivity index (χ0) is 19.7. The van der Waals surface area contributed by atoms with Crippen LogP contribution in [-0.4, -0.2) is 30.3 Å². The van der Waals surface area contributed by atoms with E-state index in [2.05, 4.69) is 30.1 Å². The van der Waals surface area contributed by atoms with Crippen molar-refractivity contribution in [2.24, 2.45) is 0 Å². The number of hydrogen-bond acceptors (Lipinski definition) is 6. The number of tetrazole rings is 1. The first-order chi connectivity index (χ1) is 13.4. The van der Waals surface area contributed by atoms with Gasteiger partial charge in [0.1, 0.15) is 0 Å². The van der Waals surface area contributed by atoms with Crippen LogP contribution < -0.4 is 0 Å². The second kappa shape index (κ2) is 7.04. The minimum absolute atomic E-state index is 0.136. The Morgan fingerprint density at radius 2 is 1.57 bits per heavy atom. The van der Waals surface area contributed by atoms with Crippen LogP contribution in [0.3, 0.4) is 0 Å². The van der Waals surface area contributed by atoms with E-state index in [1.165, 1.54) is 4.80 Å². The van der Waals surface area contributed by atoms with Crippen molar-refractivity contribution >= 4 is 11.6 Å². The van der Waals surface area contributed by atoms with Gasteiger partial charge in [-0.1, -0.05) is 41.0 Å². The lowest BCUT2D eigenvalue weighted by Gasteiger charge is -2.01. The molecule has 0 aliphatic carbocycles. The average molecular weight is 407 g/mol. The second-order valence-corrected chi connectivity index (χ2v) is 6.20. The van der Waals surface area contributed by atoms with Crippen molar-refractivity contribution in [3.05, 3.63) is 65.0 Å². The Balaban J connectivity index is 1.48. The maximum atomic E-state index is 12.5. The fourth-order valence-corrected chi connectivity index (χ4v) is 2.53. The van der Waals surface area contributed by atoms with Gasteiger partial charge in [-0.05, 0) is 35.0 Å². The van der Waals surface area contributed by atoms with Gasteiger partial charge in [0.05, 0.1) is 6.54 Å². The second-order valence-electron chi connectivity index (χ2n) is 5.77. The summed E-state index contributed by atoms with van der Waals surface area (Å²) in [6, 6.07) is 13.7. The van der Waals surface area contributed by atoms with Gasteiger partial charge in [0.25, 0.3) is 0 Å². The van der Waals surface area contributed by atoms with Crippen molar-refractivity contribution in [3.63, 3.8) is 0 Å². The monoisotopic (exact) mass is 406 g/mol. The van der Waals surface area contributed by atoms with Gasteiger partial charge in [0.15, 0.2) is 0 Å². The number of hydrogen-bond donors (Lipinski definition) is 0. The lowest BCUT2D eigenvalue weighted by Crippen LogP contribution is -2.05. The van der Waals surface area contributed by atoms with Gasteiger partial charge in [-0.15, -0.1) is 10.2 Å². The molecule has 0 aliphatic heterocycles. The first kappa shape index (κ1) is 18.1. The molecule has 0 amide bonds. The molecule has 4 aromatic rings. The zero-order valence-corrected chi connectivity index (χ0v) is 14.7. The molecule has 2 aromatic carbocycles. The molecule has 0 atom stereocenters. The molecular weight excluding hydrogens is 397 g/mol. The lowest BCUT2D eigenvalue weighted by atomic mass is 10.1. The first-order valence-corrected chi connectivity index (χ1v) is 8.30. The van der Waals surface area contributed by atoms with E-state index in [1.54, 1.807) is 48.5 Å². The highest BCUT2D eigenvalue weighted by Crippen LogP contribution is 2.29. The smallest absolute Gasteiger partial charge is 0.329 e. The van der Waals surface area contributed by atoms with Gasteiger partial charge in [-0.25, -0.2) is 0 Å². The molecule has 0 radical (unpaired) electrons. The van der Waals surface area contributed by atoms with Crippen LogP contribution in [0.1, 0.15) is 11.5 Å². The normalized spacial score (nSPS) is 11.7. The van der Waals surface area contributed by atoms with Crippen molar-refractivity contribution in [3.8, 4) is 22.8 Å². The van der Waals surface area contributed by atoms with E-state index in [1.807, 2.05) is 0 Å². The van der Waals surface area contributed by atoms with Gasteiger partial charge in [-0.3, -0.25) is 0 Å². The van der Waals surface area contributed by atoms with Crippen LogP contribution in [0.4, 0.5) is 13.2 Å². The first-order valence-electron chi connectivity index (χ1n) is 7.92. The van der Waals surface area contributed by atoms with E-state index in [-0.39, 0.29) is 5.82 Å². The molecule has 142 valence electrons. The van der Waals surface area contributed by atoms with Gasteiger partial charge in [0.2, 0.25) is 11.6 Å². The molecule has 4 rings (SSSR count). The molecule has 0 unspecified atom stereocenters. The topological polar surface area (TPSA) is 82.5 Å². The number of halogens is 4. The van der Waals surface area contributed by atoms with Crippen LogP contribution in [0.15, 0.2) is 53.1 Å². The summed E-state index contributed by atoms with van der Waals surface area (Å²) in [5.41, 5.74) is 2.00. The summed E-state index contributed by atoms with van der Waals surface area (Å²) in [6.45, 7) is 0.334. The maximum Gasteiger partial charge on any atom is 0.471 e. The Bertz CT molecular complexity index is 1090. The standard InChI is InChI=1S/C17H10ClF3N6O/c18-13-7-5-12(6-8-13)15-23-26-27(24-15)9-10-1-3-11(4-2-10)14-22-16(28-25-14)17(19,20)21/h1-8H,9H2. The van der Waals surface area contributed by atoms with E-state index >= 15 is 0 Å². The van der Waals surface area contributed by atoms with Gasteiger partial charge in [-0.2, -0.15) is 23.0 Å². The Morgan fingerprint density at radius 1 is 0.929 bits per heavy atom. The molecule has 2 aromatic heterocycles. The highest BCUT2D eigenvalue weighted by Gasteiger charge is 2.38. The molecule has 0 aliphatic rings. The van der Waals surface area contributed by atoms with Crippen molar-refractivity contribution in [1.82, 2.24) is 30.3 Å².